The molecule has 18 heavy (non-hydrogen) atoms. The van der Waals surface area contributed by atoms with E-state index in [1.807, 2.05) is 6.26 Å². The first-order chi connectivity index (χ1) is 8.36. The lowest BCUT2D eigenvalue weighted by Gasteiger charge is -2.14. The first-order valence-electron chi connectivity index (χ1n) is 4.92. The van der Waals surface area contributed by atoms with Crippen molar-refractivity contribution >= 4 is 17.7 Å². The molecule has 0 amide bonds. The maximum Gasteiger partial charge on any atom is 0.419 e. The quantitative estimate of drug-likeness (QED) is 0.842. The molecule has 0 saturated carbocycles. The molecule has 0 atom stereocenters. The van der Waals surface area contributed by atoms with E-state index in [1.54, 1.807) is 0 Å². The molecule has 1 N–H and O–H groups in total. The third-order valence-corrected chi connectivity index (χ3v) is 2.65. The number of carboxylic acid groups (broad SMARTS) is 1. The summed E-state index contributed by atoms with van der Waals surface area (Å²) in [5, 5.41) is 8.67. The Morgan fingerprint density at radius 2 is 2.11 bits per heavy atom. The highest BCUT2D eigenvalue weighted by Gasteiger charge is 2.35. The summed E-state index contributed by atoms with van der Waals surface area (Å²) >= 11 is 1.44. The molecule has 7 heteroatoms. The van der Waals surface area contributed by atoms with Gasteiger partial charge in [0.15, 0.2) is 0 Å². The second-order valence-electron chi connectivity index (χ2n) is 3.36. The van der Waals surface area contributed by atoms with Gasteiger partial charge in [-0.15, -0.1) is 0 Å². The van der Waals surface area contributed by atoms with Crippen molar-refractivity contribution in [3.63, 3.8) is 0 Å². The van der Waals surface area contributed by atoms with E-state index in [2.05, 4.69) is 0 Å². The summed E-state index contributed by atoms with van der Waals surface area (Å²) in [5.41, 5.74) is -1.48. The van der Waals surface area contributed by atoms with Gasteiger partial charge in [0, 0.05) is 5.75 Å². The minimum absolute atomic E-state index is 0.136. The first-order valence-corrected chi connectivity index (χ1v) is 6.32. The van der Waals surface area contributed by atoms with Gasteiger partial charge in [0.05, 0.1) is 17.7 Å². The van der Waals surface area contributed by atoms with Gasteiger partial charge in [-0.1, -0.05) is 0 Å². The SMILES string of the molecule is CSCCOc1ccc(C(=O)O)cc1C(F)(F)F. The fraction of sp³-hybridized carbons (Fsp3) is 0.364. The maximum absolute atomic E-state index is 12.7. The zero-order valence-corrected chi connectivity index (χ0v) is 10.3. The number of hydrogen-bond acceptors (Lipinski definition) is 3. The number of halogens is 3. The lowest BCUT2D eigenvalue weighted by Crippen LogP contribution is -2.12. The minimum atomic E-state index is -4.64. The van der Waals surface area contributed by atoms with Crippen molar-refractivity contribution in [1.82, 2.24) is 0 Å². The van der Waals surface area contributed by atoms with Crippen LogP contribution in [0.5, 0.6) is 5.75 Å². The summed E-state index contributed by atoms with van der Waals surface area (Å²) in [6, 6.07) is 2.70. The Labute approximate surface area is 106 Å². The van der Waals surface area contributed by atoms with Crippen molar-refractivity contribution in [2.45, 2.75) is 6.18 Å². The van der Waals surface area contributed by atoms with E-state index in [0.717, 1.165) is 12.1 Å². The summed E-state index contributed by atoms with van der Waals surface area (Å²) < 4.78 is 43.2. The van der Waals surface area contributed by atoms with Gasteiger partial charge < -0.3 is 9.84 Å². The molecule has 0 aliphatic rings. The van der Waals surface area contributed by atoms with Crippen LogP contribution >= 0.6 is 11.8 Å². The molecule has 0 fully saturated rings. The topological polar surface area (TPSA) is 46.5 Å². The van der Waals surface area contributed by atoms with E-state index in [-0.39, 0.29) is 12.4 Å². The molecule has 0 spiro atoms. The van der Waals surface area contributed by atoms with E-state index in [9.17, 15) is 18.0 Å². The Hall–Kier alpha value is -1.37. The average molecular weight is 280 g/mol. The Balaban J connectivity index is 3.05. The van der Waals surface area contributed by atoms with Crippen LogP contribution in [-0.2, 0) is 6.18 Å². The van der Waals surface area contributed by atoms with Crippen LogP contribution in [0.1, 0.15) is 15.9 Å². The molecule has 1 aromatic rings. The van der Waals surface area contributed by atoms with E-state index < -0.39 is 23.3 Å². The fourth-order valence-electron chi connectivity index (χ4n) is 1.25. The fourth-order valence-corrected chi connectivity index (χ4v) is 1.50. The summed E-state index contributed by atoms with van der Waals surface area (Å²) in [6.45, 7) is 0.136. The van der Waals surface area contributed by atoms with E-state index in [0.29, 0.717) is 11.8 Å². The molecule has 0 bridgehead atoms. The smallest absolute Gasteiger partial charge is 0.419 e. The number of carboxylic acids is 1. The maximum atomic E-state index is 12.7. The second kappa shape index (κ2) is 5.99. The lowest BCUT2D eigenvalue weighted by atomic mass is 10.1. The van der Waals surface area contributed by atoms with Crippen molar-refractivity contribution in [3.05, 3.63) is 29.3 Å². The predicted octanol–water partition coefficient (Wildman–Crippen LogP) is 3.15. The normalized spacial score (nSPS) is 11.3. The number of rotatable bonds is 5. The van der Waals surface area contributed by atoms with Crippen LogP contribution in [-0.4, -0.2) is 29.7 Å². The number of aromatic carboxylic acids is 1. The highest BCUT2D eigenvalue weighted by molar-refractivity contribution is 7.98. The van der Waals surface area contributed by atoms with Crippen LogP contribution in [0.4, 0.5) is 13.2 Å². The molecular formula is C11H11F3O3S. The lowest BCUT2D eigenvalue weighted by molar-refractivity contribution is -0.138. The second-order valence-corrected chi connectivity index (χ2v) is 4.34. The van der Waals surface area contributed by atoms with Crippen LogP contribution in [0.3, 0.4) is 0 Å². The van der Waals surface area contributed by atoms with Gasteiger partial charge in [0.25, 0.3) is 0 Å². The van der Waals surface area contributed by atoms with Crippen LogP contribution in [0.2, 0.25) is 0 Å². The minimum Gasteiger partial charge on any atom is -0.492 e. The molecule has 0 saturated heterocycles. The number of alkyl halides is 3. The van der Waals surface area contributed by atoms with Crippen molar-refractivity contribution in [2.24, 2.45) is 0 Å². The molecule has 0 aliphatic heterocycles. The van der Waals surface area contributed by atoms with Crippen LogP contribution in [0.25, 0.3) is 0 Å². The van der Waals surface area contributed by atoms with Gasteiger partial charge in [0.2, 0.25) is 0 Å². The van der Waals surface area contributed by atoms with Gasteiger partial charge in [-0.3, -0.25) is 0 Å². The van der Waals surface area contributed by atoms with Crippen molar-refractivity contribution in [2.75, 3.05) is 18.6 Å². The molecule has 0 unspecified atom stereocenters. The number of ether oxygens (including phenoxy) is 1. The van der Waals surface area contributed by atoms with Crippen molar-refractivity contribution < 1.29 is 27.8 Å². The molecule has 0 aliphatic carbocycles. The number of carbonyl (C=O) groups is 1. The Bertz CT molecular complexity index is 432. The molecule has 1 aromatic carbocycles. The van der Waals surface area contributed by atoms with Gasteiger partial charge in [0.1, 0.15) is 5.75 Å². The van der Waals surface area contributed by atoms with E-state index in [4.69, 9.17) is 9.84 Å². The number of benzene rings is 1. The molecule has 3 nitrogen and oxygen atoms in total. The van der Waals surface area contributed by atoms with Gasteiger partial charge in [-0.2, -0.15) is 24.9 Å². The molecule has 100 valence electrons. The van der Waals surface area contributed by atoms with Crippen molar-refractivity contribution in [1.29, 1.82) is 0 Å². The number of thioether (sulfide) groups is 1. The zero-order valence-electron chi connectivity index (χ0n) is 9.45. The first kappa shape index (κ1) is 14.7. The standard InChI is InChI=1S/C11H11F3O3S/c1-18-5-4-17-9-3-2-7(10(15)16)6-8(9)11(12,13)14/h2-3,6H,4-5H2,1H3,(H,15,16). The highest BCUT2D eigenvalue weighted by atomic mass is 32.2. The average Bonchev–Trinajstić information content (AvgIpc) is 2.28. The van der Waals surface area contributed by atoms with Crippen LogP contribution in [0.15, 0.2) is 18.2 Å². The predicted molar refractivity (Wildman–Crippen MR) is 62.3 cm³/mol. The Morgan fingerprint density at radius 3 is 2.61 bits per heavy atom. The summed E-state index contributed by atoms with van der Waals surface area (Å²) in [7, 11) is 0. The van der Waals surface area contributed by atoms with Crippen LogP contribution in [0, 0.1) is 0 Å². The van der Waals surface area contributed by atoms with E-state index in [1.165, 1.54) is 11.8 Å². The van der Waals surface area contributed by atoms with Gasteiger partial charge in [-0.05, 0) is 24.5 Å². The van der Waals surface area contributed by atoms with Crippen LogP contribution < -0.4 is 4.74 Å². The number of hydrogen-bond donors (Lipinski definition) is 1. The molecule has 0 heterocycles. The summed E-state index contributed by atoms with van der Waals surface area (Å²) in [5.74, 6) is -1.20. The third kappa shape index (κ3) is 3.83. The molecular weight excluding hydrogens is 269 g/mol. The molecule has 0 aromatic heterocycles. The molecule has 0 radical (unpaired) electrons. The van der Waals surface area contributed by atoms with Gasteiger partial charge >= 0.3 is 12.1 Å². The molecule has 1 rings (SSSR count). The summed E-state index contributed by atoms with van der Waals surface area (Å²) in [6.07, 6.45) is -2.83. The van der Waals surface area contributed by atoms with Gasteiger partial charge in [-0.25, -0.2) is 4.79 Å². The van der Waals surface area contributed by atoms with E-state index >= 15 is 0 Å². The Kier molecular flexibility index (Phi) is 4.89. The highest BCUT2D eigenvalue weighted by Crippen LogP contribution is 2.36. The third-order valence-electron chi connectivity index (χ3n) is 2.08. The monoisotopic (exact) mass is 280 g/mol. The largest absolute Gasteiger partial charge is 0.492 e. The zero-order chi connectivity index (χ0) is 13.8. The summed E-state index contributed by atoms with van der Waals surface area (Å²) in [4.78, 5) is 10.6. The Morgan fingerprint density at radius 1 is 1.44 bits per heavy atom. The van der Waals surface area contributed by atoms with Crippen molar-refractivity contribution in [3.8, 4) is 5.75 Å².